The predicted octanol–water partition coefficient (Wildman–Crippen LogP) is 2.69. The number of fused-ring (bicyclic) bond motifs is 1. The average molecular weight is 191 g/mol. The van der Waals surface area contributed by atoms with Crippen LogP contribution in [0.4, 0.5) is 4.39 Å². The zero-order valence-corrected chi connectivity index (χ0v) is 8.04. The number of ether oxygens (including phenoxy) is 1. The quantitative estimate of drug-likeness (QED) is 0.691. The summed E-state index contributed by atoms with van der Waals surface area (Å²) in [6, 6.07) is 6.87. The number of benzene rings is 1. The van der Waals surface area contributed by atoms with Crippen molar-refractivity contribution in [1.82, 2.24) is 4.98 Å². The Balaban J connectivity index is 2.70. The molecule has 0 bridgehead atoms. The highest BCUT2D eigenvalue weighted by Crippen LogP contribution is 2.20. The molecule has 2 nitrogen and oxygen atoms in total. The van der Waals surface area contributed by atoms with Gasteiger partial charge in [-0.1, -0.05) is 0 Å². The Hall–Kier alpha value is -1.64. The first kappa shape index (κ1) is 8.94. The summed E-state index contributed by atoms with van der Waals surface area (Å²) in [6.07, 6.45) is 0. The van der Waals surface area contributed by atoms with Gasteiger partial charge in [0.15, 0.2) is 0 Å². The third-order valence-corrected chi connectivity index (χ3v) is 2.15. The molecule has 2 aromatic rings. The van der Waals surface area contributed by atoms with Gasteiger partial charge in [-0.05, 0) is 31.2 Å². The van der Waals surface area contributed by atoms with Crippen LogP contribution < -0.4 is 4.74 Å². The van der Waals surface area contributed by atoms with Gasteiger partial charge in [0.05, 0.1) is 18.3 Å². The van der Waals surface area contributed by atoms with Crippen LogP contribution in [0.2, 0.25) is 0 Å². The number of rotatable bonds is 1. The fraction of sp³-hybridized carbons (Fsp3) is 0.182. The number of aryl methyl sites for hydroxylation is 1. The van der Waals surface area contributed by atoms with Crippen LogP contribution in [-0.2, 0) is 0 Å². The van der Waals surface area contributed by atoms with Gasteiger partial charge in [0.25, 0.3) is 0 Å². The van der Waals surface area contributed by atoms with Crippen molar-refractivity contribution in [2.75, 3.05) is 7.11 Å². The Labute approximate surface area is 81.3 Å². The Morgan fingerprint density at radius 2 is 2.07 bits per heavy atom. The lowest BCUT2D eigenvalue weighted by Gasteiger charge is -2.03. The smallest absolute Gasteiger partial charge is 0.145 e. The van der Waals surface area contributed by atoms with Crippen LogP contribution >= 0.6 is 0 Å². The van der Waals surface area contributed by atoms with Gasteiger partial charge in [-0.2, -0.15) is 0 Å². The Kier molecular flexibility index (Phi) is 2.08. The largest absolute Gasteiger partial charge is 0.497 e. The SMILES string of the molecule is COc1ccc2nc(C)c(F)cc2c1. The van der Waals surface area contributed by atoms with Crippen LogP contribution in [0, 0.1) is 12.7 Å². The summed E-state index contributed by atoms with van der Waals surface area (Å²) >= 11 is 0. The average Bonchev–Trinajstić information content (AvgIpc) is 2.19. The number of hydrogen-bond donors (Lipinski definition) is 0. The van der Waals surface area contributed by atoms with Crippen molar-refractivity contribution in [3.05, 3.63) is 35.8 Å². The maximum atomic E-state index is 13.2. The number of hydrogen-bond acceptors (Lipinski definition) is 2. The minimum Gasteiger partial charge on any atom is -0.497 e. The second kappa shape index (κ2) is 3.25. The van der Waals surface area contributed by atoms with E-state index in [0.717, 1.165) is 10.9 Å². The van der Waals surface area contributed by atoms with Gasteiger partial charge in [-0.15, -0.1) is 0 Å². The summed E-state index contributed by atoms with van der Waals surface area (Å²) in [5, 5.41) is 0.757. The topological polar surface area (TPSA) is 22.1 Å². The van der Waals surface area contributed by atoms with Crippen molar-refractivity contribution >= 4 is 10.9 Å². The van der Waals surface area contributed by atoms with E-state index >= 15 is 0 Å². The molecule has 72 valence electrons. The van der Waals surface area contributed by atoms with Crippen molar-refractivity contribution in [3.63, 3.8) is 0 Å². The van der Waals surface area contributed by atoms with Crippen LogP contribution in [0.25, 0.3) is 10.9 Å². The molecule has 1 aromatic carbocycles. The molecule has 0 unspecified atom stereocenters. The molecule has 0 saturated carbocycles. The maximum absolute atomic E-state index is 13.2. The van der Waals surface area contributed by atoms with E-state index in [9.17, 15) is 4.39 Å². The minimum absolute atomic E-state index is 0.286. The van der Waals surface area contributed by atoms with Crippen molar-refractivity contribution < 1.29 is 9.13 Å². The first-order valence-corrected chi connectivity index (χ1v) is 4.31. The van der Waals surface area contributed by atoms with Gasteiger partial charge >= 0.3 is 0 Å². The molecule has 0 radical (unpaired) electrons. The molecule has 0 aliphatic heterocycles. The van der Waals surface area contributed by atoms with Crippen molar-refractivity contribution in [3.8, 4) is 5.75 Å². The van der Waals surface area contributed by atoms with E-state index in [0.29, 0.717) is 11.4 Å². The zero-order chi connectivity index (χ0) is 10.1. The standard InChI is InChI=1S/C11H10FNO/c1-7-10(12)6-8-5-9(14-2)3-4-11(8)13-7/h3-6H,1-2H3. The lowest BCUT2D eigenvalue weighted by Crippen LogP contribution is -1.90. The number of aromatic nitrogens is 1. The zero-order valence-electron chi connectivity index (χ0n) is 8.04. The third-order valence-electron chi connectivity index (χ3n) is 2.15. The first-order valence-electron chi connectivity index (χ1n) is 4.31. The normalized spacial score (nSPS) is 10.5. The molecule has 0 saturated heterocycles. The van der Waals surface area contributed by atoms with Crippen LogP contribution in [0.5, 0.6) is 5.75 Å². The van der Waals surface area contributed by atoms with E-state index in [1.165, 1.54) is 6.07 Å². The Morgan fingerprint density at radius 3 is 2.79 bits per heavy atom. The summed E-state index contributed by atoms with van der Waals surface area (Å²) in [4.78, 5) is 4.12. The molecule has 0 atom stereocenters. The van der Waals surface area contributed by atoms with Gasteiger partial charge in [0.2, 0.25) is 0 Å². The second-order valence-corrected chi connectivity index (χ2v) is 3.11. The van der Waals surface area contributed by atoms with Crippen LogP contribution in [-0.4, -0.2) is 12.1 Å². The van der Waals surface area contributed by atoms with E-state index in [-0.39, 0.29) is 5.82 Å². The van der Waals surface area contributed by atoms with E-state index in [2.05, 4.69) is 4.98 Å². The second-order valence-electron chi connectivity index (χ2n) is 3.11. The number of nitrogens with zero attached hydrogens (tertiary/aromatic N) is 1. The van der Waals surface area contributed by atoms with Crippen molar-refractivity contribution in [1.29, 1.82) is 0 Å². The van der Waals surface area contributed by atoms with E-state index in [1.54, 1.807) is 20.1 Å². The number of pyridine rings is 1. The van der Waals surface area contributed by atoms with Gasteiger partial charge in [-0.25, -0.2) is 4.39 Å². The molecule has 2 rings (SSSR count). The highest BCUT2D eigenvalue weighted by atomic mass is 19.1. The highest BCUT2D eigenvalue weighted by Gasteiger charge is 2.02. The van der Waals surface area contributed by atoms with Crippen molar-refractivity contribution in [2.45, 2.75) is 6.92 Å². The molecule has 3 heteroatoms. The summed E-state index contributed by atoms with van der Waals surface area (Å²) in [5.41, 5.74) is 1.20. The van der Waals surface area contributed by atoms with Gasteiger partial charge in [0, 0.05) is 5.39 Å². The van der Waals surface area contributed by atoms with Gasteiger partial charge in [0.1, 0.15) is 11.6 Å². The van der Waals surface area contributed by atoms with Gasteiger partial charge < -0.3 is 4.74 Å². The lowest BCUT2D eigenvalue weighted by atomic mass is 10.2. The summed E-state index contributed by atoms with van der Waals surface area (Å²) in [6.45, 7) is 1.65. The maximum Gasteiger partial charge on any atom is 0.145 e. The fourth-order valence-electron chi connectivity index (χ4n) is 1.35. The summed E-state index contributed by atoms with van der Waals surface area (Å²) in [7, 11) is 1.58. The third kappa shape index (κ3) is 1.41. The first-order chi connectivity index (χ1) is 6.70. The molecule has 0 aliphatic rings. The molecule has 0 spiro atoms. The summed E-state index contributed by atoms with van der Waals surface area (Å²) < 4.78 is 18.2. The molecule has 14 heavy (non-hydrogen) atoms. The number of halogens is 1. The molecule has 0 aliphatic carbocycles. The fourth-order valence-corrected chi connectivity index (χ4v) is 1.35. The van der Waals surface area contributed by atoms with Crippen LogP contribution in [0.3, 0.4) is 0 Å². The predicted molar refractivity (Wildman–Crippen MR) is 53.0 cm³/mol. The molecule has 1 aromatic heterocycles. The molecular weight excluding hydrogens is 181 g/mol. The Bertz CT molecular complexity index is 482. The highest BCUT2D eigenvalue weighted by molar-refractivity contribution is 5.80. The van der Waals surface area contributed by atoms with Crippen LogP contribution in [0.1, 0.15) is 5.69 Å². The minimum atomic E-state index is -0.286. The number of methoxy groups -OCH3 is 1. The van der Waals surface area contributed by atoms with E-state index in [1.807, 2.05) is 12.1 Å². The van der Waals surface area contributed by atoms with E-state index in [4.69, 9.17) is 4.74 Å². The monoisotopic (exact) mass is 191 g/mol. The van der Waals surface area contributed by atoms with Crippen LogP contribution in [0.15, 0.2) is 24.3 Å². The molecule has 0 N–H and O–H groups in total. The molecule has 0 fully saturated rings. The lowest BCUT2D eigenvalue weighted by molar-refractivity contribution is 0.415. The summed E-state index contributed by atoms with van der Waals surface area (Å²) in [5.74, 6) is 0.424. The van der Waals surface area contributed by atoms with E-state index < -0.39 is 0 Å². The molecular formula is C11H10FNO. The van der Waals surface area contributed by atoms with Gasteiger partial charge in [-0.3, -0.25) is 4.98 Å². The Morgan fingerprint density at radius 1 is 1.29 bits per heavy atom. The molecule has 1 heterocycles. The molecule has 0 amide bonds. The van der Waals surface area contributed by atoms with Crippen molar-refractivity contribution in [2.24, 2.45) is 0 Å².